The molecule has 5 nitrogen and oxygen atoms in total. The van der Waals surface area contributed by atoms with E-state index in [1.54, 1.807) is 35.4 Å². The van der Waals surface area contributed by atoms with Crippen LogP contribution < -0.4 is 10.1 Å². The van der Waals surface area contributed by atoms with Crippen molar-refractivity contribution in [2.24, 2.45) is 0 Å². The predicted octanol–water partition coefficient (Wildman–Crippen LogP) is 4.80. The largest absolute Gasteiger partial charge is 0.487 e. The van der Waals surface area contributed by atoms with Gasteiger partial charge >= 0.3 is 0 Å². The second-order valence-electron chi connectivity index (χ2n) is 5.63. The van der Waals surface area contributed by atoms with E-state index >= 15 is 0 Å². The zero-order chi connectivity index (χ0) is 19.1. The van der Waals surface area contributed by atoms with Crippen molar-refractivity contribution in [1.29, 1.82) is 0 Å². The fourth-order valence-electron chi connectivity index (χ4n) is 2.27. The third kappa shape index (κ3) is 5.94. The third-order valence-electron chi connectivity index (χ3n) is 3.55. The zero-order valence-electron chi connectivity index (χ0n) is 15.0. The number of thiazole rings is 1. The van der Waals surface area contributed by atoms with Gasteiger partial charge in [-0.2, -0.15) is 0 Å². The maximum absolute atomic E-state index is 12.1. The number of rotatable bonds is 7. The van der Waals surface area contributed by atoms with E-state index in [0.29, 0.717) is 12.3 Å². The van der Waals surface area contributed by atoms with Gasteiger partial charge in [-0.1, -0.05) is 12.1 Å². The van der Waals surface area contributed by atoms with Gasteiger partial charge in [-0.15, -0.1) is 23.1 Å². The van der Waals surface area contributed by atoms with Crippen LogP contribution >= 0.6 is 23.1 Å². The quantitative estimate of drug-likeness (QED) is 0.458. The number of hydrogen-bond acceptors (Lipinski definition) is 6. The summed E-state index contributed by atoms with van der Waals surface area (Å²) in [4.78, 5) is 20.7. The summed E-state index contributed by atoms with van der Waals surface area (Å²) in [6.45, 7) is 2.40. The predicted molar refractivity (Wildman–Crippen MR) is 111 cm³/mol. The summed E-state index contributed by atoms with van der Waals surface area (Å²) in [6.07, 6.45) is 6.84. The van der Waals surface area contributed by atoms with Gasteiger partial charge in [0.25, 0.3) is 0 Å². The van der Waals surface area contributed by atoms with Crippen molar-refractivity contribution >= 4 is 40.8 Å². The van der Waals surface area contributed by atoms with Crippen LogP contribution in [0.5, 0.6) is 5.75 Å². The first-order chi connectivity index (χ1) is 13.1. The standard InChI is InChI=1S/C20H19N3O2S2/c1-14-22-17(13-27-14)12-25-18-5-3-4-15(10-18)6-8-19(24)23-16-7-9-20(26-2)21-11-16/h3-11,13H,12H2,1-2H3,(H,23,24)/b8-6+. The summed E-state index contributed by atoms with van der Waals surface area (Å²) in [5.74, 6) is 0.526. The lowest BCUT2D eigenvalue weighted by Gasteiger charge is -2.05. The summed E-state index contributed by atoms with van der Waals surface area (Å²) in [5, 5.41) is 6.71. The highest BCUT2D eigenvalue weighted by Crippen LogP contribution is 2.18. The van der Waals surface area contributed by atoms with Crippen LogP contribution in [0.4, 0.5) is 5.69 Å². The van der Waals surface area contributed by atoms with Crippen LogP contribution in [0.15, 0.2) is 59.1 Å². The highest BCUT2D eigenvalue weighted by molar-refractivity contribution is 7.98. The monoisotopic (exact) mass is 397 g/mol. The van der Waals surface area contributed by atoms with E-state index in [9.17, 15) is 4.79 Å². The lowest BCUT2D eigenvalue weighted by atomic mass is 10.2. The normalized spacial score (nSPS) is 10.9. The molecule has 27 heavy (non-hydrogen) atoms. The van der Waals surface area contributed by atoms with Crippen molar-refractivity contribution in [2.45, 2.75) is 18.6 Å². The maximum Gasteiger partial charge on any atom is 0.248 e. The van der Waals surface area contributed by atoms with E-state index in [2.05, 4.69) is 15.3 Å². The minimum absolute atomic E-state index is 0.210. The first-order valence-electron chi connectivity index (χ1n) is 8.25. The van der Waals surface area contributed by atoms with Gasteiger partial charge in [0.05, 0.1) is 27.6 Å². The van der Waals surface area contributed by atoms with Gasteiger partial charge in [0.15, 0.2) is 0 Å². The average Bonchev–Trinajstić information content (AvgIpc) is 3.11. The molecule has 0 fully saturated rings. The Morgan fingerprint density at radius 1 is 1.33 bits per heavy atom. The molecule has 0 radical (unpaired) electrons. The third-order valence-corrected chi connectivity index (χ3v) is 5.03. The molecule has 0 saturated heterocycles. The number of thioether (sulfide) groups is 1. The molecule has 7 heteroatoms. The Morgan fingerprint density at radius 2 is 2.22 bits per heavy atom. The lowest BCUT2D eigenvalue weighted by Crippen LogP contribution is -2.07. The smallest absolute Gasteiger partial charge is 0.248 e. The maximum atomic E-state index is 12.1. The van der Waals surface area contributed by atoms with Crippen molar-refractivity contribution in [1.82, 2.24) is 9.97 Å². The van der Waals surface area contributed by atoms with Crippen molar-refractivity contribution in [3.63, 3.8) is 0 Å². The molecule has 0 aliphatic heterocycles. The van der Waals surface area contributed by atoms with E-state index in [4.69, 9.17) is 4.74 Å². The highest BCUT2D eigenvalue weighted by atomic mass is 32.2. The van der Waals surface area contributed by atoms with Crippen molar-refractivity contribution < 1.29 is 9.53 Å². The second-order valence-corrected chi connectivity index (χ2v) is 7.52. The Morgan fingerprint density at radius 3 is 2.93 bits per heavy atom. The summed E-state index contributed by atoms with van der Waals surface area (Å²) in [6, 6.07) is 11.3. The summed E-state index contributed by atoms with van der Waals surface area (Å²) < 4.78 is 5.77. The van der Waals surface area contributed by atoms with Gasteiger partial charge in [-0.25, -0.2) is 9.97 Å². The van der Waals surface area contributed by atoms with E-state index in [0.717, 1.165) is 27.0 Å². The van der Waals surface area contributed by atoms with E-state index < -0.39 is 0 Å². The molecule has 0 unspecified atom stereocenters. The molecular formula is C20H19N3O2S2. The number of hydrogen-bond donors (Lipinski definition) is 1. The highest BCUT2D eigenvalue weighted by Gasteiger charge is 2.02. The second kappa shape index (κ2) is 9.34. The van der Waals surface area contributed by atoms with Gasteiger partial charge in [-0.3, -0.25) is 4.79 Å². The Bertz CT molecular complexity index is 936. The molecule has 0 saturated carbocycles. The topological polar surface area (TPSA) is 64.1 Å². The van der Waals surface area contributed by atoms with Gasteiger partial charge in [0, 0.05) is 11.5 Å². The number of aromatic nitrogens is 2. The van der Waals surface area contributed by atoms with Crippen LogP contribution in [-0.2, 0) is 11.4 Å². The van der Waals surface area contributed by atoms with Crippen molar-refractivity contribution in [3.05, 3.63) is 70.3 Å². The minimum Gasteiger partial charge on any atom is -0.487 e. The number of anilines is 1. The molecule has 1 amide bonds. The van der Waals surface area contributed by atoms with E-state index in [-0.39, 0.29) is 5.91 Å². The lowest BCUT2D eigenvalue weighted by molar-refractivity contribution is -0.111. The molecule has 3 aromatic rings. The molecule has 0 aliphatic rings. The average molecular weight is 398 g/mol. The van der Waals surface area contributed by atoms with Crippen molar-refractivity contribution in [3.8, 4) is 5.75 Å². The Balaban J connectivity index is 1.56. The molecule has 138 valence electrons. The fourth-order valence-corrected chi connectivity index (χ4v) is 3.23. The number of nitrogens with zero attached hydrogens (tertiary/aromatic N) is 2. The first-order valence-corrected chi connectivity index (χ1v) is 10.4. The molecule has 2 heterocycles. The Kier molecular flexibility index (Phi) is 6.62. The van der Waals surface area contributed by atoms with Crippen LogP contribution in [0.1, 0.15) is 16.3 Å². The van der Waals surface area contributed by atoms with Crippen LogP contribution in [0.25, 0.3) is 6.08 Å². The number of carbonyl (C=O) groups is 1. The van der Waals surface area contributed by atoms with Gasteiger partial charge < -0.3 is 10.1 Å². The molecular weight excluding hydrogens is 378 g/mol. The van der Waals surface area contributed by atoms with Gasteiger partial charge in [0.2, 0.25) is 5.91 Å². The van der Waals surface area contributed by atoms with Gasteiger partial charge in [0.1, 0.15) is 12.4 Å². The Hall–Kier alpha value is -2.64. The molecule has 1 aromatic carbocycles. The molecule has 0 aliphatic carbocycles. The molecule has 0 atom stereocenters. The first kappa shape index (κ1) is 19.1. The molecule has 0 bridgehead atoms. The molecule has 0 spiro atoms. The number of ether oxygens (including phenoxy) is 1. The SMILES string of the molecule is CSc1ccc(NC(=O)/C=C/c2cccc(OCc3csc(C)n3)c2)cn1. The number of amides is 1. The fraction of sp³-hybridized carbons (Fsp3) is 0.150. The van der Waals surface area contributed by atoms with Crippen LogP contribution in [0, 0.1) is 6.92 Å². The van der Waals surface area contributed by atoms with Gasteiger partial charge in [-0.05, 0) is 49.1 Å². The summed E-state index contributed by atoms with van der Waals surface area (Å²) >= 11 is 3.16. The van der Waals surface area contributed by atoms with Crippen LogP contribution in [0.2, 0.25) is 0 Å². The van der Waals surface area contributed by atoms with E-state index in [1.165, 1.54) is 6.08 Å². The number of aryl methyl sites for hydroxylation is 1. The van der Waals surface area contributed by atoms with Crippen LogP contribution in [0.3, 0.4) is 0 Å². The van der Waals surface area contributed by atoms with E-state index in [1.807, 2.05) is 55.0 Å². The zero-order valence-corrected chi connectivity index (χ0v) is 16.6. The van der Waals surface area contributed by atoms with Crippen LogP contribution in [-0.4, -0.2) is 22.1 Å². The minimum atomic E-state index is -0.210. The number of carbonyl (C=O) groups excluding carboxylic acids is 1. The number of nitrogens with one attached hydrogen (secondary N) is 1. The number of pyridine rings is 1. The number of benzene rings is 1. The summed E-state index contributed by atoms with van der Waals surface area (Å²) in [5.41, 5.74) is 2.46. The molecule has 2 aromatic heterocycles. The van der Waals surface area contributed by atoms with Crippen molar-refractivity contribution in [2.75, 3.05) is 11.6 Å². The summed E-state index contributed by atoms with van der Waals surface area (Å²) in [7, 11) is 0. The Labute approximate surface area is 166 Å². The molecule has 1 N–H and O–H groups in total. The molecule has 3 rings (SSSR count).